The smallest absolute Gasteiger partial charge is 0.410 e. The quantitative estimate of drug-likeness (QED) is 0.136. The third-order valence-corrected chi connectivity index (χ3v) is 12.2. The predicted molar refractivity (Wildman–Crippen MR) is 230 cm³/mol. The first-order valence-electron chi connectivity index (χ1n) is 20.3. The van der Waals surface area contributed by atoms with Crippen molar-refractivity contribution in [3.8, 4) is 27.4 Å². The SMILES string of the molecule is CCOC(=O)Cc1c(C)cc2nc(-c3ccc4c(c3)c(C3CCN([C@H]5CCN(C(=O)OC(C)(C)C)C5)CC3)nn4CC)sc2c1-c1ccc(Cl)cc1OC(C)(C)C. The number of rotatable bonds is 9. The van der Waals surface area contributed by atoms with Crippen LogP contribution in [0.2, 0.25) is 5.02 Å². The number of piperidine rings is 1. The van der Waals surface area contributed by atoms with Crippen molar-refractivity contribution in [2.75, 3.05) is 32.8 Å². The van der Waals surface area contributed by atoms with Crippen molar-refractivity contribution in [3.63, 3.8) is 0 Å². The van der Waals surface area contributed by atoms with Crippen molar-refractivity contribution < 1.29 is 23.8 Å². The van der Waals surface area contributed by atoms with E-state index in [1.54, 1.807) is 11.3 Å². The maximum absolute atomic E-state index is 13.0. The summed E-state index contributed by atoms with van der Waals surface area (Å²) in [5.74, 6) is 0.705. The van der Waals surface area contributed by atoms with Crippen LogP contribution in [-0.2, 0) is 27.2 Å². The lowest BCUT2D eigenvalue weighted by atomic mass is 9.90. The molecule has 57 heavy (non-hydrogen) atoms. The molecule has 2 aliphatic heterocycles. The maximum atomic E-state index is 13.0. The van der Waals surface area contributed by atoms with Crippen molar-refractivity contribution in [2.45, 2.75) is 118 Å². The highest BCUT2D eigenvalue weighted by Crippen LogP contribution is 2.46. The summed E-state index contributed by atoms with van der Waals surface area (Å²) in [5, 5.41) is 7.85. The molecule has 2 saturated heterocycles. The Morgan fingerprint density at radius 3 is 2.39 bits per heavy atom. The molecule has 2 aromatic heterocycles. The minimum atomic E-state index is -0.495. The van der Waals surface area contributed by atoms with Gasteiger partial charge in [0.2, 0.25) is 0 Å². The molecule has 0 aliphatic carbocycles. The van der Waals surface area contributed by atoms with Gasteiger partial charge in [-0.2, -0.15) is 5.10 Å². The Morgan fingerprint density at radius 1 is 0.947 bits per heavy atom. The fourth-order valence-electron chi connectivity index (χ4n) is 8.29. The van der Waals surface area contributed by atoms with Crippen molar-refractivity contribution in [1.29, 1.82) is 0 Å². The zero-order valence-electron chi connectivity index (χ0n) is 34.8. The number of benzene rings is 3. The van der Waals surface area contributed by atoms with E-state index in [0.29, 0.717) is 35.9 Å². The topological polar surface area (TPSA) is 99.0 Å². The van der Waals surface area contributed by atoms with Crippen molar-refractivity contribution in [3.05, 3.63) is 64.3 Å². The molecule has 10 nitrogen and oxygen atoms in total. The number of hydrogen-bond donors (Lipinski definition) is 0. The zero-order valence-corrected chi connectivity index (χ0v) is 36.4. The van der Waals surface area contributed by atoms with Crippen LogP contribution in [0.25, 0.3) is 42.8 Å². The minimum absolute atomic E-state index is 0.128. The van der Waals surface area contributed by atoms with Crippen LogP contribution in [0.4, 0.5) is 4.79 Å². The summed E-state index contributed by atoms with van der Waals surface area (Å²) in [6, 6.07) is 14.7. The summed E-state index contributed by atoms with van der Waals surface area (Å²) >= 11 is 8.17. The lowest BCUT2D eigenvalue weighted by molar-refractivity contribution is -0.142. The van der Waals surface area contributed by atoms with Gasteiger partial charge in [0.05, 0.1) is 34.5 Å². The molecule has 5 aromatic rings. The Bertz CT molecular complexity index is 2300. The summed E-state index contributed by atoms with van der Waals surface area (Å²) < 4.78 is 20.7. The van der Waals surface area contributed by atoms with E-state index in [-0.39, 0.29) is 18.5 Å². The number of hydrogen-bond acceptors (Lipinski definition) is 9. The Hall–Kier alpha value is -4.19. The number of amides is 1. The molecular weight excluding hydrogens is 758 g/mol. The van der Waals surface area contributed by atoms with Crippen LogP contribution in [0.3, 0.4) is 0 Å². The first kappa shape index (κ1) is 41.0. The monoisotopic (exact) mass is 813 g/mol. The Morgan fingerprint density at radius 2 is 1.70 bits per heavy atom. The summed E-state index contributed by atoms with van der Waals surface area (Å²) in [6.45, 7) is 22.3. The van der Waals surface area contributed by atoms with Crippen molar-refractivity contribution in [2.24, 2.45) is 0 Å². The van der Waals surface area contributed by atoms with E-state index in [1.807, 2.05) is 78.5 Å². The highest BCUT2D eigenvalue weighted by molar-refractivity contribution is 7.22. The number of ether oxygens (including phenoxy) is 3. The van der Waals surface area contributed by atoms with Crippen LogP contribution in [-0.4, -0.2) is 86.7 Å². The lowest BCUT2D eigenvalue weighted by Gasteiger charge is -2.35. The van der Waals surface area contributed by atoms with Crippen LogP contribution in [0.15, 0.2) is 42.5 Å². The molecule has 12 heteroatoms. The van der Waals surface area contributed by atoms with Gasteiger partial charge in [0.1, 0.15) is 22.0 Å². The third kappa shape index (κ3) is 8.95. The van der Waals surface area contributed by atoms with E-state index in [2.05, 4.69) is 40.8 Å². The summed E-state index contributed by atoms with van der Waals surface area (Å²) in [7, 11) is 0. The Balaban J connectivity index is 1.22. The van der Waals surface area contributed by atoms with E-state index in [0.717, 1.165) is 99.7 Å². The average molecular weight is 814 g/mol. The fourth-order valence-corrected chi connectivity index (χ4v) is 9.58. The van der Waals surface area contributed by atoms with Crippen LogP contribution >= 0.6 is 22.9 Å². The number of aryl methyl sites for hydroxylation is 2. The number of esters is 1. The number of carbonyl (C=O) groups excluding carboxylic acids is 2. The molecule has 0 bridgehead atoms. The third-order valence-electron chi connectivity index (χ3n) is 10.8. The van der Waals surface area contributed by atoms with Gasteiger partial charge in [-0.1, -0.05) is 11.6 Å². The number of likely N-dealkylation sites (tertiary alicyclic amines) is 2. The van der Waals surface area contributed by atoms with Gasteiger partial charge in [0.15, 0.2) is 0 Å². The maximum Gasteiger partial charge on any atom is 0.410 e. The largest absolute Gasteiger partial charge is 0.487 e. The molecule has 0 radical (unpaired) electrons. The van der Waals surface area contributed by atoms with E-state index < -0.39 is 11.2 Å². The van der Waals surface area contributed by atoms with Crippen LogP contribution in [0.5, 0.6) is 5.75 Å². The number of halogens is 1. The van der Waals surface area contributed by atoms with Crippen molar-refractivity contribution in [1.82, 2.24) is 24.6 Å². The van der Waals surface area contributed by atoms with E-state index in [9.17, 15) is 9.59 Å². The Labute approximate surface area is 345 Å². The molecule has 0 unspecified atom stereocenters. The molecule has 0 N–H and O–H groups in total. The predicted octanol–water partition coefficient (Wildman–Crippen LogP) is 10.4. The molecule has 4 heterocycles. The van der Waals surface area contributed by atoms with Gasteiger partial charge in [-0.25, -0.2) is 9.78 Å². The van der Waals surface area contributed by atoms with E-state index in [1.165, 1.54) is 5.39 Å². The zero-order chi connectivity index (χ0) is 40.8. The van der Waals surface area contributed by atoms with Gasteiger partial charge in [-0.15, -0.1) is 11.3 Å². The number of aromatic nitrogens is 3. The van der Waals surface area contributed by atoms with E-state index in [4.69, 9.17) is 35.9 Å². The number of thiazole rings is 1. The standard InChI is InChI=1S/C45H56ClN5O5S/c1-10-51-36-15-12-29(23-34(36)40(48-51)28-16-19-49(20-17-28)31-18-21-50(26-31)43(53)56-45(7,8)9)42-47-35-22-27(3)33(25-38(52)54-11-2)39(41(35)57-42)32-14-13-30(46)24-37(32)55-44(4,5)6/h12-15,22-24,28,31H,10-11,16-21,25-26H2,1-9H3/t31-/m0/s1. The molecular formula is C45H56ClN5O5S. The van der Waals surface area contributed by atoms with E-state index >= 15 is 0 Å². The molecule has 2 aliphatic rings. The van der Waals surface area contributed by atoms with Crippen molar-refractivity contribution >= 4 is 56.1 Å². The highest BCUT2D eigenvalue weighted by atomic mass is 35.5. The highest BCUT2D eigenvalue weighted by Gasteiger charge is 2.35. The molecule has 304 valence electrons. The second kappa shape index (κ2) is 16.2. The van der Waals surface area contributed by atoms with Gasteiger partial charge in [-0.05, 0) is 148 Å². The van der Waals surface area contributed by atoms with Crippen LogP contribution in [0.1, 0.15) is 97.4 Å². The normalized spacial score (nSPS) is 17.2. The first-order valence-corrected chi connectivity index (χ1v) is 21.5. The van der Waals surface area contributed by atoms with Gasteiger partial charge >= 0.3 is 12.1 Å². The summed E-state index contributed by atoms with van der Waals surface area (Å²) in [4.78, 5) is 35.4. The summed E-state index contributed by atoms with van der Waals surface area (Å²) in [5.41, 5.74) is 6.83. The van der Waals surface area contributed by atoms with Gasteiger partial charge in [0, 0.05) is 58.7 Å². The molecule has 0 saturated carbocycles. The molecule has 0 spiro atoms. The minimum Gasteiger partial charge on any atom is -0.487 e. The summed E-state index contributed by atoms with van der Waals surface area (Å²) in [6.07, 6.45) is 2.90. The van der Waals surface area contributed by atoms with Gasteiger partial charge in [-0.3, -0.25) is 14.4 Å². The Kier molecular flexibility index (Phi) is 11.7. The van der Waals surface area contributed by atoms with Crippen LogP contribution < -0.4 is 4.74 Å². The molecule has 2 fully saturated rings. The molecule has 3 aromatic carbocycles. The first-order chi connectivity index (χ1) is 27.0. The fraction of sp³-hybridized carbons (Fsp3) is 0.511. The second-order valence-electron chi connectivity index (χ2n) is 17.4. The molecule has 1 atom stereocenters. The number of nitrogens with zero attached hydrogens (tertiary/aromatic N) is 5. The number of fused-ring (bicyclic) bond motifs is 2. The molecule has 7 rings (SSSR count). The number of carbonyl (C=O) groups is 2. The lowest BCUT2D eigenvalue weighted by Crippen LogP contribution is -2.43. The van der Waals surface area contributed by atoms with Gasteiger partial charge < -0.3 is 19.1 Å². The van der Waals surface area contributed by atoms with Crippen LogP contribution in [0, 0.1) is 6.92 Å². The average Bonchev–Trinajstić information content (AvgIpc) is 3.89. The molecule has 1 amide bonds. The second-order valence-corrected chi connectivity index (χ2v) is 18.8. The van der Waals surface area contributed by atoms with Gasteiger partial charge in [0.25, 0.3) is 0 Å².